The van der Waals surface area contributed by atoms with Crippen LogP contribution >= 0.6 is 0 Å². The maximum atomic E-state index is 13.2. The zero-order valence-corrected chi connectivity index (χ0v) is 18.6. The van der Waals surface area contributed by atoms with E-state index >= 15 is 0 Å². The van der Waals surface area contributed by atoms with E-state index in [1.807, 2.05) is 0 Å². The molecule has 12 heteroatoms. The summed E-state index contributed by atoms with van der Waals surface area (Å²) in [7, 11) is 0. The second-order valence-electron chi connectivity index (χ2n) is 8.48. The number of hydrogen-bond acceptors (Lipinski definition) is 7. The van der Waals surface area contributed by atoms with Crippen molar-refractivity contribution in [2.24, 2.45) is 0 Å². The number of nitrogens with zero attached hydrogens (tertiary/aromatic N) is 1. The fourth-order valence-electron chi connectivity index (χ4n) is 4.27. The molecular formula is C24H20F4N2O6. The van der Waals surface area contributed by atoms with Crippen molar-refractivity contribution in [3.05, 3.63) is 64.0 Å². The molecule has 0 atom stereocenters. The number of piperidine rings is 1. The first-order chi connectivity index (χ1) is 17.1. The van der Waals surface area contributed by atoms with Crippen LogP contribution in [0.2, 0.25) is 0 Å². The molecule has 0 aliphatic carbocycles. The number of likely N-dealkylation sites (tertiary alicyclic amines) is 1. The lowest BCUT2D eigenvalue weighted by molar-refractivity contribution is -0.286. The zero-order valence-electron chi connectivity index (χ0n) is 18.6. The van der Waals surface area contributed by atoms with Crippen LogP contribution in [0.15, 0.2) is 51.7 Å². The first-order valence-electron chi connectivity index (χ1n) is 11.1. The van der Waals surface area contributed by atoms with E-state index < -0.39 is 24.2 Å². The highest BCUT2D eigenvalue weighted by atomic mass is 19.3. The SMILES string of the molecule is O=C(NC1CCN(Cc2ccc3c(c2)OC(F)(F)O3)CC1)c1cc(=O)c2ccc(OC(F)F)cc2o1. The van der Waals surface area contributed by atoms with Gasteiger partial charge >= 0.3 is 12.9 Å². The molecule has 0 saturated carbocycles. The molecule has 0 bridgehead atoms. The van der Waals surface area contributed by atoms with Crippen molar-refractivity contribution in [1.29, 1.82) is 0 Å². The zero-order chi connectivity index (χ0) is 25.4. The van der Waals surface area contributed by atoms with Crippen LogP contribution in [0, 0.1) is 0 Å². The summed E-state index contributed by atoms with van der Waals surface area (Å²) in [6.07, 6.45) is -2.44. The Hall–Kier alpha value is -3.80. The highest BCUT2D eigenvalue weighted by Gasteiger charge is 2.43. The maximum absolute atomic E-state index is 13.2. The fraction of sp³-hybridized carbons (Fsp3) is 0.333. The molecule has 3 aromatic rings. The van der Waals surface area contributed by atoms with Gasteiger partial charge in [0.15, 0.2) is 22.7 Å². The quantitative estimate of drug-likeness (QED) is 0.502. The minimum Gasteiger partial charge on any atom is -0.451 e. The smallest absolute Gasteiger partial charge is 0.451 e. The molecule has 8 nitrogen and oxygen atoms in total. The lowest BCUT2D eigenvalue weighted by atomic mass is 10.0. The molecule has 1 fully saturated rings. The molecule has 0 radical (unpaired) electrons. The van der Waals surface area contributed by atoms with E-state index in [2.05, 4.69) is 24.4 Å². The number of fused-ring (bicyclic) bond motifs is 2. The molecule has 0 unspecified atom stereocenters. The number of hydrogen-bond donors (Lipinski definition) is 1. The summed E-state index contributed by atoms with van der Waals surface area (Å²) in [6, 6.07) is 9.18. The summed E-state index contributed by atoms with van der Waals surface area (Å²) >= 11 is 0. The number of carbonyl (C=O) groups excluding carboxylic acids is 1. The second-order valence-corrected chi connectivity index (χ2v) is 8.48. The molecule has 3 heterocycles. The van der Waals surface area contributed by atoms with E-state index in [-0.39, 0.29) is 40.0 Å². The Balaban J connectivity index is 1.18. The molecule has 36 heavy (non-hydrogen) atoms. The lowest BCUT2D eigenvalue weighted by Crippen LogP contribution is -2.44. The number of alkyl halides is 4. The number of nitrogens with one attached hydrogen (secondary N) is 1. The molecular weight excluding hydrogens is 488 g/mol. The van der Waals surface area contributed by atoms with E-state index in [1.54, 1.807) is 6.07 Å². The van der Waals surface area contributed by atoms with Crippen molar-refractivity contribution in [3.8, 4) is 17.2 Å². The normalized spacial score (nSPS) is 17.5. The minimum atomic E-state index is -3.66. The number of rotatable bonds is 6. The first kappa shape index (κ1) is 23.9. The average Bonchev–Trinajstić information content (AvgIpc) is 3.12. The highest BCUT2D eigenvalue weighted by molar-refractivity contribution is 5.93. The van der Waals surface area contributed by atoms with Crippen molar-refractivity contribution in [2.75, 3.05) is 13.1 Å². The van der Waals surface area contributed by atoms with Crippen LogP contribution in [-0.2, 0) is 6.54 Å². The summed E-state index contributed by atoms with van der Waals surface area (Å²) in [4.78, 5) is 27.2. The number of benzene rings is 2. The summed E-state index contributed by atoms with van der Waals surface area (Å²) in [5, 5.41) is 2.97. The fourth-order valence-corrected chi connectivity index (χ4v) is 4.27. The summed E-state index contributed by atoms with van der Waals surface area (Å²) in [5.74, 6) is -1.04. The Bertz CT molecular complexity index is 1350. The van der Waals surface area contributed by atoms with Crippen LogP contribution < -0.4 is 25.0 Å². The van der Waals surface area contributed by atoms with Crippen LogP contribution in [-0.4, -0.2) is 42.8 Å². The number of amides is 1. The molecule has 2 aromatic carbocycles. The summed E-state index contributed by atoms with van der Waals surface area (Å²) in [5.41, 5.74) is 0.258. The van der Waals surface area contributed by atoms with Gasteiger partial charge in [-0.15, -0.1) is 8.78 Å². The Morgan fingerprint density at radius 1 is 1.08 bits per heavy atom. The predicted molar refractivity (Wildman–Crippen MR) is 118 cm³/mol. The monoisotopic (exact) mass is 508 g/mol. The van der Waals surface area contributed by atoms with Crippen LogP contribution in [0.4, 0.5) is 17.6 Å². The van der Waals surface area contributed by atoms with E-state index in [4.69, 9.17) is 4.42 Å². The van der Waals surface area contributed by atoms with Gasteiger partial charge in [0.1, 0.15) is 11.3 Å². The van der Waals surface area contributed by atoms with Crippen LogP contribution in [0.5, 0.6) is 17.2 Å². The van der Waals surface area contributed by atoms with Gasteiger partial charge in [0.25, 0.3) is 5.91 Å². The van der Waals surface area contributed by atoms with E-state index in [9.17, 15) is 27.2 Å². The predicted octanol–water partition coefficient (Wildman–Crippen LogP) is 4.11. The van der Waals surface area contributed by atoms with Gasteiger partial charge in [0, 0.05) is 37.8 Å². The highest BCUT2D eigenvalue weighted by Crippen LogP contribution is 2.41. The Morgan fingerprint density at radius 2 is 1.83 bits per heavy atom. The molecule has 1 amide bonds. The van der Waals surface area contributed by atoms with Gasteiger partial charge < -0.3 is 23.9 Å². The van der Waals surface area contributed by atoms with Crippen LogP contribution in [0.1, 0.15) is 29.0 Å². The first-order valence-corrected chi connectivity index (χ1v) is 11.1. The molecule has 1 N–H and O–H groups in total. The van der Waals surface area contributed by atoms with E-state index in [0.29, 0.717) is 32.5 Å². The summed E-state index contributed by atoms with van der Waals surface area (Å²) < 4.78 is 70.1. The van der Waals surface area contributed by atoms with E-state index in [0.717, 1.165) is 17.7 Å². The van der Waals surface area contributed by atoms with Gasteiger partial charge in [-0.2, -0.15) is 8.78 Å². The van der Waals surface area contributed by atoms with Gasteiger partial charge in [-0.05, 0) is 42.7 Å². The number of halogens is 4. The molecule has 1 aromatic heterocycles. The third kappa shape index (κ3) is 5.23. The number of ether oxygens (including phenoxy) is 3. The Morgan fingerprint density at radius 3 is 2.58 bits per heavy atom. The van der Waals surface area contributed by atoms with Gasteiger partial charge in [-0.25, -0.2) is 0 Å². The topological polar surface area (TPSA) is 90.2 Å². The van der Waals surface area contributed by atoms with Crippen LogP contribution in [0.3, 0.4) is 0 Å². The molecule has 0 spiro atoms. The molecule has 2 aliphatic heterocycles. The molecule has 1 saturated heterocycles. The van der Waals surface area contributed by atoms with Crippen molar-refractivity contribution in [2.45, 2.75) is 38.3 Å². The van der Waals surface area contributed by atoms with Crippen molar-refractivity contribution >= 4 is 16.9 Å². The third-order valence-electron chi connectivity index (χ3n) is 5.94. The standard InChI is InChI=1S/C24H20F4N2O6/c25-23(26)33-15-2-3-16-17(31)11-21(34-19(16)10-15)22(32)29-14-5-7-30(8-6-14)12-13-1-4-18-20(9-13)36-24(27,28)35-18/h1-4,9-11,14,23H,5-8,12H2,(H,29,32). The number of carbonyl (C=O) groups is 1. The Labute approximate surface area is 201 Å². The summed E-state index contributed by atoms with van der Waals surface area (Å²) in [6.45, 7) is -1.27. The minimum absolute atomic E-state index is 0.00980. The van der Waals surface area contributed by atoms with Crippen LogP contribution in [0.25, 0.3) is 11.0 Å². The third-order valence-corrected chi connectivity index (χ3v) is 5.94. The van der Waals surface area contributed by atoms with Gasteiger partial charge in [0.05, 0.1) is 5.39 Å². The largest absolute Gasteiger partial charge is 0.586 e. The van der Waals surface area contributed by atoms with E-state index in [1.165, 1.54) is 24.3 Å². The van der Waals surface area contributed by atoms with Crippen molar-refractivity contribution in [3.63, 3.8) is 0 Å². The molecule has 5 rings (SSSR count). The maximum Gasteiger partial charge on any atom is 0.586 e. The lowest BCUT2D eigenvalue weighted by Gasteiger charge is -2.32. The second kappa shape index (κ2) is 9.34. The average molecular weight is 508 g/mol. The van der Waals surface area contributed by atoms with Crippen molar-refractivity contribution in [1.82, 2.24) is 10.2 Å². The van der Waals surface area contributed by atoms with Crippen molar-refractivity contribution < 1.29 is 41.0 Å². The van der Waals surface area contributed by atoms with Gasteiger partial charge in [0.2, 0.25) is 0 Å². The van der Waals surface area contributed by atoms with Gasteiger partial charge in [-0.1, -0.05) is 6.07 Å². The molecule has 2 aliphatic rings. The van der Waals surface area contributed by atoms with Gasteiger partial charge in [-0.3, -0.25) is 14.5 Å². The Kier molecular flexibility index (Phi) is 6.20. The molecule has 190 valence electrons.